The molecule has 19 heavy (non-hydrogen) atoms. The zero-order valence-corrected chi connectivity index (χ0v) is 11.0. The Morgan fingerprint density at radius 2 is 2.42 bits per heavy atom. The third kappa shape index (κ3) is 2.28. The van der Waals surface area contributed by atoms with Crippen molar-refractivity contribution in [3.8, 4) is 0 Å². The van der Waals surface area contributed by atoms with Crippen LogP contribution in [0.4, 0.5) is 4.39 Å². The molecule has 1 aromatic rings. The van der Waals surface area contributed by atoms with Crippen molar-refractivity contribution in [3.63, 3.8) is 0 Å². The van der Waals surface area contributed by atoms with E-state index in [4.69, 9.17) is 4.74 Å². The number of rotatable bonds is 5. The van der Waals surface area contributed by atoms with Crippen LogP contribution in [0.1, 0.15) is 24.5 Å². The first-order valence-electron chi connectivity index (χ1n) is 6.46. The minimum Gasteiger partial charge on any atom is -0.464 e. The Kier molecular flexibility index (Phi) is 4.00. The van der Waals surface area contributed by atoms with Crippen LogP contribution in [0.5, 0.6) is 0 Å². The highest BCUT2D eigenvalue weighted by Gasteiger charge is 2.46. The van der Waals surface area contributed by atoms with Crippen LogP contribution in [0.25, 0.3) is 0 Å². The van der Waals surface area contributed by atoms with E-state index in [9.17, 15) is 9.18 Å². The van der Waals surface area contributed by atoms with Gasteiger partial charge in [0.1, 0.15) is 11.4 Å². The summed E-state index contributed by atoms with van der Waals surface area (Å²) < 4.78 is 19.0. The van der Waals surface area contributed by atoms with E-state index in [1.165, 1.54) is 6.07 Å². The maximum atomic E-state index is 13.8. The molecule has 2 rings (SSSR count). The Labute approximate surface area is 112 Å². The molecule has 102 valence electrons. The van der Waals surface area contributed by atoms with Crippen molar-refractivity contribution >= 4 is 5.97 Å². The molecule has 0 heterocycles. The van der Waals surface area contributed by atoms with Crippen molar-refractivity contribution in [1.82, 2.24) is 5.32 Å². The van der Waals surface area contributed by atoms with E-state index in [1.807, 2.05) is 0 Å². The Bertz CT molecular complexity index is 501. The number of nitrogens with one attached hydrogen (secondary N) is 1. The van der Waals surface area contributed by atoms with Gasteiger partial charge in [-0.15, -0.1) is 6.58 Å². The van der Waals surface area contributed by atoms with Gasteiger partial charge >= 0.3 is 5.97 Å². The maximum Gasteiger partial charge on any atom is 0.331 e. The molecule has 0 saturated carbocycles. The molecular formula is C15H18FNO2. The van der Waals surface area contributed by atoms with Gasteiger partial charge in [-0.25, -0.2) is 9.18 Å². The topological polar surface area (TPSA) is 38.3 Å². The normalized spacial score (nSPS) is 20.9. The van der Waals surface area contributed by atoms with E-state index in [0.717, 1.165) is 0 Å². The van der Waals surface area contributed by atoms with E-state index in [0.29, 0.717) is 37.1 Å². The van der Waals surface area contributed by atoms with Gasteiger partial charge in [-0.1, -0.05) is 18.2 Å². The number of fused-ring (bicyclic) bond motifs is 1. The SMILES string of the molecule is C=CCNC1(C(=O)OCC)CCc2c(F)cccc21. The molecule has 0 fully saturated rings. The first-order chi connectivity index (χ1) is 9.15. The molecule has 0 spiro atoms. The fourth-order valence-electron chi connectivity index (χ4n) is 2.63. The Balaban J connectivity index is 2.44. The second-order valence-electron chi connectivity index (χ2n) is 4.56. The third-order valence-electron chi connectivity index (χ3n) is 3.50. The first-order valence-corrected chi connectivity index (χ1v) is 6.46. The fourth-order valence-corrected chi connectivity index (χ4v) is 2.63. The number of carbonyl (C=O) groups excluding carboxylic acids is 1. The third-order valence-corrected chi connectivity index (χ3v) is 3.50. The molecule has 1 atom stereocenters. The predicted molar refractivity (Wildman–Crippen MR) is 71.2 cm³/mol. The highest BCUT2D eigenvalue weighted by molar-refractivity contribution is 5.84. The van der Waals surface area contributed by atoms with Crippen LogP contribution >= 0.6 is 0 Å². The van der Waals surface area contributed by atoms with Crippen LogP contribution < -0.4 is 5.32 Å². The van der Waals surface area contributed by atoms with Crippen molar-refractivity contribution in [3.05, 3.63) is 47.8 Å². The molecule has 1 aliphatic rings. The summed E-state index contributed by atoms with van der Waals surface area (Å²) in [7, 11) is 0. The van der Waals surface area contributed by atoms with Gasteiger partial charge in [0.15, 0.2) is 0 Å². The van der Waals surface area contributed by atoms with Gasteiger partial charge < -0.3 is 4.74 Å². The van der Waals surface area contributed by atoms with Gasteiger partial charge in [-0.3, -0.25) is 5.32 Å². The minimum atomic E-state index is -0.943. The summed E-state index contributed by atoms with van der Waals surface area (Å²) in [5, 5.41) is 3.15. The summed E-state index contributed by atoms with van der Waals surface area (Å²) in [6.07, 6.45) is 2.72. The summed E-state index contributed by atoms with van der Waals surface area (Å²) in [6, 6.07) is 4.84. The lowest BCUT2D eigenvalue weighted by Crippen LogP contribution is -2.48. The van der Waals surface area contributed by atoms with Crippen molar-refractivity contribution in [1.29, 1.82) is 0 Å². The maximum absolute atomic E-state index is 13.8. The Hall–Kier alpha value is -1.68. The number of carbonyl (C=O) groups is 1. The first kappa shape index (κ1) is 13.7. The summed E-state index contributed by atoms with van der Waals surface area (Å²) >= 11 is 0. The quantitative estimate of drug-likeness (QED) is 0.654. The fraction of sp³-hybridized carbons (Fsp3) is 0.400. The average Bonchev–Trinajstić information content (AvgIpc) is 2.78. The molecule has 0 bridgehead atoms. The molecule has 0 radical (unpaired) electrons. The summed E-state index contributed by atoms with van der Waals surface area (Å²) in [4.78, 5) is 12.3. The monoisotopic (exact) mass is 263 g/mol. The van der Waals surface area contributed by atoms with Crippen LogP contribution in [0.2, 0.25) is 0 Å². The number of esters is 1. The van der Waals surface area contributed by atoms with Crippen molar-refractivity contribution in [2.45, 2.75) is 25.3 Å². The summed E-state index contributed by atoms with van der Waals surface area (Å²) in [6.45, 7) is 6.18. The summed E-state index contributed by atoms with van der Waals surface area (Å²) in [5.41, 5.74) is 0.349. The number of hydrogen-bond acceptors (Lipinski definition) is 3. The number of ether oxygens (including phenoxy) is 1. The molecule has 0 aromatic heterocycles. The lowest BCUT2D eigenvalue weighted by molar-refractivity contribution is -0.151. The van der Waals surface area contributed by atoms with E-state index < -0.39 is 5.54 Å². The van der Waals surface area contributed by atoms with Crippen molar-refractivity contribution in [2.75, 3.05) is 13.2 Å². The number of hydrogen-bond donors (Lipinski definition) is 1. The smallest absolute Gasteiger partial charge is 0.331 e. The van der Waals surface area contributed by atoms with Gasteiger partial charge in [-0.05, 0) is 37.0 Å². The Morgan fingerprint density at radius 3 is 3.11 bits per heavy atom. The van der Waals surface area contributed by atoms with E-state index in [2.05, 4.69) is 11.9 Å². The van der Waals surface area contributed by atoms with Gasteiger partial charge in [0.05, 0.1) is 6.61 Å². The van der Waals surface area contributed by atoms with Gasteiger partial charge in [0.25, 0.3) is 0 Å². The van der Waals surface area contributed by atoms with Crippen LogP contribution in [0.3, 0.4) is 0 Å². The van der Waals surface area contributed by atoms with E-state index >= 15 is 0 Å². The highest BCUT2D eigenvalue weighted by atomic mass is 19.1. The standard InChI is InChI=1S/C15H18FNO2/c1-3-10-17-15(14(18)19-4-2)9-8-11-12(15)6-5-7-13(11)16/h3,5-7,17H,1,4,8-10H2,2H3. The van der Waals surface area contributed by atoms with Crippen LogP contribution in [0.15, 0.2) is 30.9 Å². The molecule has 1 aromatic carbocycles. The lowest BCUT2D eigenvalue weighted by Gasteiger charge is -2.28. The lowest BCUT2D eigenvalue weighted by atomic mass is 9.91. The highest BCUT2D eigenvalue weighted by Crippen LogP contribution is 2.39. The predicted octanol–water partition coefficient (Wildman–Crippen LogP) is 2.31. The van der Waals surface area contributed by atoms with Crippen molar-refractivity contribution < 1.29 is 13.9 Å². The van der Waals surface area contributed by atoms with Crippen LogP contribution in [-0.2, 0) is 21.5 Å². The summed E-state index contributed by atoms with van der Waals surface area (Å²) in [5.74, 6) is -0.606. The molecule has 1 unspecified atom stereocenters. The van der Waals surface area contributed by atoms with Gasteiger partial charge in [0.2, 0.25) is 0 Å². The van der Waals surface area contributed by atoms with E-state index in [-0.39, 0.29) is 11.8 Å². The molecule has 0 saturated heterocycles. The van der Waals surface area contributed by atoms with Gasteiger partial charge in [0, 0.05) is 6.54 Å². The molecule has 0 aliphatic heterocycles. The van der Waals surface area contributed by atoms with Crippen molar-refractivity contribution in [2.24, 2.45) is 0 Å². The number of halogens is 1. The number of benzene rings is 1. The second-order valence-corrected chi connectivity index (χ2v) is 4.56. The van der Waals surface area contributed by atoms with E-state index in [1.54, 1.807) is 25.1 Å². The second kappa shape index (κ2) is 5.53. The molecule has 1 N–H and O–H groups in total. The molecule has 1 aliphatic carbocycles. The zero-order chi connectivity index (χ0) is 13.9. The zero-order valence-electron chi connectivity index (χ0n) is 11.0. The molecule has 4 heteroatoms. The van der Waals surface area contributed by atoms with Crippen LogP contribution in [-0.4, -0.2) is 19.1 Å². The van der Waals surface area contributed by atoms with Gasteiger partial charge in [-0.2, -0.15) is 0 Å². The largest absolute Gasteiger partial charge is 0.464 e. The molecule has 0 amide bonds. The minimum absolute atomic E-state index is 0.260. The molecular weight excluding hydrogens is 245 g/mol. The average molecular weight is 263 g/mol. The Morgan fingerprint density at radius 1 is 1.63 bits per heavy atom. The molecule has 3 nitrogen and oxygen atoms in total. The van der Waals surface area contributed by atoms with Crippen LogP contribution in [0, 0.1) is 5.82 Å².